The van der Waals surface area contributed by atoms with Gasteiger partial charge in [0.2, 0.25) is 0 Å². The third-order valence-corrected chi connectivity index (χ3v) is 2.95. The summed E-state index contributed by atoms with van der Waals surface area (Å²) in [4.78, 5) is 11.0. The molecule has 2 nitrogen and oxygen atoms in total. The first-order valence-corrected chi connectivity index (χ1v) is 5.36. The molecule has 1 aromatic carbocycles. The summed E-state index contributed by atoms with van der Waals surface area (Å²) in [6, 6.07) is 6.07. The van der Waals surface area contributed by atoms with Crippen LogP contribution >= 0.6 is 0 Å². The maximum Gasteiger partial charge on any atom is 0.129 e. The lowest BCUT2D eigenvalue weighted by atomic mass is 9.85. The highest BCUT2D eigenvalue weighted by atomic mass is 16.5. The fraction of sp³-hybridized carbons (Fsp3) is 0.462. The molecule has 0 N–H and O–H groups in total. The molecule has 0 bridgehead atoms. The normalized spacial score (nSPS) is 15.3. The van der Waals surface area contributed by atoms with Crippen LogP contribution in [0.5, 0.6) is 5.75 Å². The van der Waals surface area contributed by atoms with Crippen molar-refractivity contribution in [3.8, 4) is 5.75 Å². The van der Waals surface area contributed by atoms with Gasteiger partial charge in [-0.1, -0.05) is 12.1 Å². The minimum Gasteiger partial charge on any atom is -0.493 e. The zero-order valence-electron chi connectivity index (χ0n) is 9.25. The van der Waals surface area contributed by atoms with E-state index in [0.29, 0.717) is 0 Å². The van der Waals surface area contributed by atoms with Gasteiger partial charge < -0.3 is 9.53 Å². The first-order valence-electron chi connectivity index (χ1n) is 5.36. The zero-order chi connectivity index (χ0) is 10.9. The Kier molecular flexibility index (Phi) is 2.51. The number of benzene rings is 1. The number of aldehydes is 1. The number of hydrogen-bond acceptors (Lipinski definition) is 2. The molecule has 1 aliphatic rings. The van der Waals surface area contributed by atoms with Crippen LogP contribution in [0.1, 0.15) is 31.4 Å². The van der Waals surface area contributed by atoms with E-state index in [0.717, 1.165) is 37.0 Å². The van der Waals surface area contributed by atoms with Crippen molar-refractivity contribution in [2.24, 2.45) is 0 Å². The van der Waals surface area contributed by atoms with Gasteiger partial charge >= 0.3 is 0 Å². The summed E-state index contributed by atoms with van der Waals surface area (Å²) in [7, 11) is 0. The number of hydrogen-bond donors (Lipinski definition) is 0. The van der Waals surface area contributed by atoms with E-state index in [1.54, 1.807) is 0 Å². The lowest BCUT2D eigenvalue weighted by Crippen LogP contribution is -2.19. The van der Waals surface area contributed by atoms with Gasteiger partial charge in [0.15, 0.2) is 0 Å². The molecule has 0 atom stereocenters. The van der Waals surface area contributed by atoms with Crippen LogP contribution in [0, 0.1) is 0 Å². The average Bonchev–Trinajstić information content (AvgIpc) is 2.28. The van der Waals surface area contributed by atoms with E-state index in [4.69, 9.17) is 4.74 Å². The molecule has 1 aromatic rings. The summed E-state index contributed by atoms with van der Waals surface area (Å²) in [5, 5.41) is 0. The molecule has 2 rings (SSSR count). The lowest BCUT2D eigenvalue weighted by molar-refractivity contribution is -0.111. The van der Waals surface area contributed by atoms with Crippen LogP contribution in [0.3, 0.4) is 0 Å². The van der Waals surface area contributed by atoms with Crippen molar-refractivity contribution in [3.05, 3.63) is 29.3 Å². The third kappa shape index (κ3) is 1.89. The Hall–Kier alpha value is -1.31. The van der Waals surface area contributed by atoms with Crippen molar-refractivity contribution in [1.29, 1.82) is 0 Å². The quantitative estimate of drug-likeness (QED) is 0.692. The van der Waals surface area contributed by atoms with Crippen molar-refractivity contribution >= 4 is 6.29 Å². The number of carbonyl (C=O) groups is 1. The molecule has 0 spiro atoms. The fourth-order valence-electron chi connectivity index (χ4n) is 1.83. The molecular weight excluding hydrogens is 188 g/mol. The lowest BCUT2D eigenvalue weighted by Gasteiger charge is -2.22. The van der Waals surface area contributed by atoms with E-state index in [2.05, 4.69) is 6.07 Å². The van der Waals surface area contributed by atoms with Crippen LogP contribution in [0.15, 0.2) is 18.2 Å². The minimum atomic E-state index is -0.396. The van der Waals surface area contributed by atoms with E-state index in [-0.39, 0.29) is 0 Å². The molecule has 0 aromatic heterocycles. The molecule has 1 heterocycles. The maximum atomic E-state index is 11.0. The van der Waals surface area contributed by atoms with Gasteiger partial charge in [-0.3, -0.25) is 0 Å². The number of ether oxygens (including phenoxy) is 1. The van der Waals surface area contributed by atoms with E-state index < -0.39 is 5.41 Å². The predicted molar refractivity (Wildman–Crippen MR) is 59.3 cm³/mol. The van der Waals surface area contributed by atoms with Crippen molar-refractivity contribution < 1.29 is 9.53 Å². The third-order valence-electron chi connectivity index (χ3n) is 2.95. The van der Waals surface area contributed by atoms with Crippen LogP contribution in [-0.2, 0) is 16.6 Å². The molecule has 0 radical (unpaired) electrons. The second-order valence-corrected chi connectivity index (χ2v) is 4.61. The summed E-state index contributed by atoms with van der Waals surface area (Å²) >= 11 is 0. The van der Waals surface area contributed by atoms with E-state index in [9.17, 15) is 4.79 Å². The maximum absolute atomic E-state index is 11.0. The van der Waals surface area contributed by atoms with Gasteiger partial charge in [-0.25, -0.2) is 0 Å². The van der Waals surface area contributed by atoms with Crippen LogP contribution in [0.4, 0.5) is 0 Å². The molecule has 0 unspecified atom stereocenters. The van der Waals surface area contributed by atoms with Crippen molar-refractivity contribution in [1.82, 2.24) is 0 Å². The topological polar surface area (TPSA) is 26.3 Å². The Morgan fingerprint density at radius 2 is 2.20 bits per heavy atom. The van der Waals surface area contributed by atoms with Crippen molar-refractivity contribution in [2.45, 2.75) is 32.1 Å². The smallest absolute Gasteiger partial charge is 0.129 e. The monoisotopic (exact) mass is 204 g/mol. The van der Waals surface area contributed by atoms with Crippen LogP contribution < -0.4 is 4.74 Å². The molecule has 0 saturated carbocycles. The standard InChI is InChI=1S/C13H16O2/c1-13(2,9-14)11-5-6-12-10(8-11)4-3-7-15-12/h5-6,8-9H,3-4,7H2,1-2H3. The minimum absolute atomic E-state index is 0.396. The second-order valence-electron chi connectivity index (χ2n) is 4.61. The average molecular weight is 204 g/mol. The zero-order valence-corrected chi connectivity index (χ0v) is 9.25. The summed E-state index contributed by atoms with van der Waals surface area (Å²) in [5.74, 6) is 0.978. The Morgan fingerprint density at radius 3 is 2.93 bits per heavy atom. The molecule has 0 saturated heterocycles. The number of carbonyl (C=O) groups excluding carboxylic acids is 1. The van der Waals surface area contributed by atoms with Gasteiger partial charge in [0.1, 0.15) is 12.0 Å². The summed E-state index contributed by atoms with van der Waals surface area (Å²) in [5.41, 5.74) is 1.90. The highest BCUT2D eigenvalue weighted by molar-refractivity contribution is 5.67. The SMILES string of the molecule is CC(C)(C=O)c1ccc2c(c1)CCCO2. The molecule has 80 valence electrons. The van der Waals surface area contributed by atoms with Gasteiger partial charge in [-0.15, -0.1) is 0 Å². The van der Waals surface area contributed by atoms with Crippen molar-refractivity contribution in [2.75, 3.05) is 6.61 Å². The Balaban J connectivity index is 2.40. The molecule has 1 aliphatic heterocycles. The highest BCUT2D eigenvalue weighted by Gasteiger charge is 2.21. The fourth-order valence-corrected chi connectivity index (χ4v) is 1.83. The van der Waals surface area contributed by atoms with E-state index in [1.165, 1.54) is 5.56 Å². The van der Waals surface area contributed by atoms with Gasteiger partial charge in [0, 0.05) is 5.41 Å². The number of fused-ring (bicyclic) bond motifs is 1. The van der Waals surface area contributed by atoms with Crippen molar-refractivity contribution in [3.63, 3.8) is 0 Å². The number of rotatable bonds is 2. The summed E-state index contributed by atoms with van der Waals surface area (Å²) < 4.78 is 5.54. The molecule has 0 aliphatic carbocycles. The summed E-state index contributed by atoms with van der Waals surface area (Å²) in [6.07, 6.45) is 3.12. The van der Waals surface area contributed by atoms with Crippen LogP contribution in [0.2, 0.25) is 0 Å². The Labute approximate surface area is 90.3 Å². The van der Waals surface area contributed by atoms with Gasteiger partial charge in [-0.2, -0.15) is 0 Å². The molecule has 15 heavy (non-hydrogen) atoms. The highest BCUT2D eigenvalue weighted by Crippen LogP contribution is 2.30. The number of aryl methyl sites for hydroxylation is 1. The van der Waals surface area contributed by atoms with E-state index >= 15 is 0 Å². The second kappa shape index (κ2) is 3.69. The van der Waals surface area contributed by atoms with Gasteiger partial charge in [0.05, 0.1) is 6.61 Å². The Bertz CT molecular complexity index is 380. The largest absolute Gasteiger partial charge is 0.493 e. The first-order chi connectivity index (χ1) is 7.13. The Morgan fingerprint density at radius 1 is 1.40 bits per heavy atom. The predicted octanol–water partition coefficient (Wildman–Crippen LogP) is 2.49. The first kappa shape index (κ1) is 10.2. The van der Waals surface area contributed by atoms with Gasteiger partial charge in [-0.05, 0) is 43.9 Å². The molecule has 0 fully saturated rings. The molecular formula is C13H16O2. The van der Waals surface area contributed by atoms with E-state index in [1.807, 2.05) is 26.0 Å². The van der Waals surface area contributed by atoms with Crippen LogP contribution in [0.25, 0.3) is 0 Å². The molecule has 2 heteroatoms. The summed E-state index contributed by atoms with van der Waals surface area (Å²) in [6.45, 7) is 4.68. The molecule has 0 amide bonds. The van der Waals surface area contributed by atoms with Crippen LogP contribution in [-0.4, -0.2) is 12.9 Å². The van der Waals surface area contributed by atoms with Gasteiger partial charge in [0.25, 0.3) is 0 Å².